The van der Waals surface area contributed by atoms with Crippen molar-refractivity contribution < 1.29 is 9.13 Å². The van der Waals surface area contributed by atoms with E-state index in [2.05, 4.69) is 21.2 Å². The van der Waals surface area contributed by atoms with Gasteiger partial charge >= 0.3 is 0 Å². The molecule has 1 aromatic rings. The molecule has 0 radical (unpaired) electrons. The maximum Gasteiger partial charge on any atom is 0.139 e. The third-order valence-corrected chi connectivity index (χ3v) is 2.83. The Morgan fingerprint density at radius 3 is 2.59 bits per heavy atom. The molecule has 1 aromatic carbocycles. The lowest BCUT2D eigenvalue weighted by molar-refractivity contribution is 0.00333. The van der Waals surface area contributed by atoms with Crippen LogP contribution in [0.5, 0.6) is 0 Å². The van der Waals surface area contributed by atoms with Crippen molar-refractivity contribution in [2.45, 2.75) is 33.3 Å². The molecule has 96 valence electrons. The summed E-state index contributed by atoms with van der Waals surface area (Å²) < 4.78 is 19.4. The second-order valence-electron chi connectivity index (χ2n) is 4.97. The number of anilines is 1. The molecule has 1 N–H and O–H groups in total. The van der Waals surface area contributed by atoms with E-state index in [-0.39, 0.29) is 11.4 Å². The lowest BCUT2D eigenvalue weighted by Crippen LogP contribution is -2.23. The lowest BCUT2D eigenvalue weighted by Gasteiger charge is -2.20. The van der Waals surface area contributed by atoms with Crippen LogP contribution in [-0.4, -0.2) is 18.8 Å². The quantitative estimate of drug-likeness (QED) is 0.845. The van der Waals surface area contributed by atoms with Crippen molar-refractivity contribution in [2.24, 2.45) is 0 Å². The number of rotatable bonds is 4. The van der Waals surface area contributed by atoms with Crippen LogP contribution in [0.25, 0.3) is 0 Å². The molecule has 0 saturated heterocycles. The fraction of sp³-hybridized carbons (Fsp3) is 0.538. The molecule has 0 aliphatic heterocycles. The first-order valence-corrected chi connectivity index (χ1v) is 6.42. The van der Waals surface area contributed by atoms with Gasteiger partial charge in [0.1, 0.15) is 5.82 Å². The fourth-order valence-electron chi connectivity index (χ4n) is 1.38. The zero-order chi connectivity index (χ0) is 13.1. The van der Waals surface area contributed by atoms with Gasteiger partial charge in [-0.25, -0.2) is 4.39 Å². The minimum absolute atomic E-state index is 0.137. The van der Waals surface area contributed by atoms with E-state index in [0.29, 0.717) is 17.6 Å². The van der Waals surface area contributed by atoms with Crippen LogP contribution in [0.3, 0.4) is 0 Å². The Kier molecular flexibility index (Phi) is 4.95. The van der Waals surface area contributed by atoms with Crippen LogP contribution in [0, 0.1) is 12.7 Å². The van der Waals surface area contributed by atoms with Gasteiger partial charge in [0.2, 0.25) is 0 Å². The molecule has 0 aromatic heterocycles. The van der Waals surface area contributed by atoms with Gasteiger partial charge in [0.25, 0.3) is 0 Å². The largest absolute Gasteiger partial charge is 0.382 e. The van der Waals surface area contributed by atoms with Crippen LogP contribution in [0.15, 0.2) is 16.6 Å². The topological polar surface area (TPSA) is 21.3 Å². The van der Waals surface area contributed by atoms with Crippen LogP contribution in [0.4, 0.5) is 10.1 Å². The van der Waals surface area contributed by atoms with Gasteiger partial charge in [-0.15, -0.1) is 0 Å². The number of aryl methyl sites for hydroxylation is 1. The number of nitrogens with one attached hydrogen (secondary N) is 1. The Bertz CT molecular complexity index is 388. The molecule has 17 heavy (non-hydrogen) atoms. The zero-order valence-corrected chi connectivity index (χ0v) is 12.3. The number of ether oxygens (including phenoxy) is 1. The summed E-state index contributed by atoms with van der Waals surface area (Å²) in [6.07, 6.45) is 0. The highest BCUT2D eigenvalue weighted by Gasteiger charge is 2.09. The summed E-state index contributed by atoms with van der Waals surface area (Å²) in [4.78, 5) is 0. The number of benzene rings is 1. The van der Waals surface area contributed by atoms with Crippen molar-refractivity contribution in [2.75, 3.05) is 18.5 Å². The zero-order valence-electron chi connectivity index (χ0n) is 10.7. The Balaban J connectivity index is 2.50. The molecule has 0 unspecified atom stereocenters. The second-order valence-corrected chi connectivity index (χ2v) is 5.82. The van der Waals surface area contributed by atoms with E-state index in [1.54, 1.807) is 6.07 Å². The van der Waals surface area contributed by atoms with E-state index >= 15 is 0 Å². The summed E-state index contributed by atoms with van der Waals surface area (Å²) in [5.41, 5.74) is 1.68. The minimum Gasteiger partial charge on any atom is -0.382 e. The van der Waals surface area contributed by atoms with Crippen LogP contribution < -0.4 is 5.32 Å². The summed E-state index contributed by atoms with van der Waals surface area (Å²) in [6, 6.07) is 3.26. The van der Waals surface area contributed by atoms with Gasteiger partial charge in [0.15, 0.2) is 0 Å². The molecule has 0 heterocycles. The van der Waals surface area contributed by atoms with Crippen molar-refractivity contribution >= 4 is 21.6 Å². The summed E-state index contributed by atoms with van der Waals surface area (Å²) >= 11 is 3.16. The van der Waals surface area contributed by atoms with Crippen molar-refractivity contribution in [3.63, 3.8) is 0 Å². The number of hydrogen-bond acceptors (Lipinski definition) is 2. The van der Waals surface area contributed by atoms with E-state index in [0.717, 1.165) is 11.3 Å². The molecule has 1 rings (SSSR count). The van der Waals surface area contributed by atoms with Crippen molar-refractivity contribution in [1.29, 1.82) is 0 Å². The van der Waals surface area contributed by atoms with Crippen molar-refractivity contribution in [1.82, 2.24) is 0 Å². The summed E-state index contributed by atoms with van der Waals surface area (Å²) in [7, 11) is 0. The Hall–Kier alpha value is -0.610. The van der Waals surface area contributed by atoms with E-state index in [9.17, 15) is 4.39 Å². The van der Waals surface area contributed by atoms with Crippen LogP contribution in [-0.2, 0) is 4.74 Å². The highest BCUT2D eigenvalue weighted by atomic mass is 79.9. The summed E-state index contributed by atoms with van der Waals surface area (Å²) in [5.74, 6) is -0.255. The second kappa shape index (κ2) is 5.83. The fourth-order valence-corrected chi connectivity index (χ4v) is 1.84. The molecule has 0 aliphatic carbocycles. The highest BCUT2D eigenvalue weighted by Crippen LogP contribution is 2.23. The van der Waals surface area contributed by atoms with E-state index in [1.165, 1.54) is 6.07 Å². The molecule has 0 spiro atoms. The highest BCUT2D eigenvalue weighted by molar-refractivity contribution is 9.10. The predicted molar refractivity (Wildman–Crippen MR) is 73.0 cm³/mol. The molecular weight excluding hydrogens is 285 g/mol. The maximum atomic E-state index is 13.3. The summed E-state index contributed by atoms with van der Waals surface area (Å²) in [6.45, 7) is 9.24. The van der Waals surface area contributed by atoms with Gasteiger partial charge in [0.05, 0.1) is 16.7 Å². The van der Waals surface area contributed by atoms with Crippen molar-refractivity contribution in [3.05, 3.63) is 28.0 Å². The molecule has 0 bridgehead atoms. The number of halogens is 2. The average molecular weight is 304 g/mol. The normalized spacial score (nSPS) is 11.6. The van der Waals surface area contributed by atoms with Gasteiger partial charge in [-0.05, 0) is 61.3 Å². The molecule has 0 fully saturated rings. The average Bonchev–Trinajstić information content (AvgIpc) is 2.18. The molecule has 0 aliphatic rings. The Morgan fingerprint density at radius 1 is 1.35 bits per heavy atom. The van der Waals surface area contributed by atoms with Gasteiger partial charge < -0.3 is 10.1 Å². The van der Waals surface area contributed by atoms with Crippen LogP contribution in [0.2, 0.25) is 0 Å². The van der Waals surface area contributed by atoms with Gasteiger partial charge in [-0.2, -0.15) is 0 Å². The first-order valence-electron chi connectivity index (χ1n) is 5.63. The predicted octanol–water partition coefficient (Wildman–Crippen LogP) is 4.12. The third-order valence-electron chi connectivity index (χ3n) is 2.22. The molecule has 0 atom stereocenters. The maximum absolute atomic E-state index is 13.3. The van der Waals surface area contributed by atoms with Crippen LogP contribution >= 0.6 is 15.9 Å². The molecule has 4 heteroatoms. The van der Waals surface area contributed by atoms with Crippen LogP contribution in [0.1, 0.15) is 26.3 Å². The first-order chi connectivity index (χ1) is 7.79. The molecule has 0 amide bonds. The van der Waals surface area contributed by atoms with Gasteiger partial charge in [-0.1, -0.05) is 0 Å². The van der Waals surface area contributed by atoms with E-state index in [4.69, 9.17) is 4.74 Å². The Morgan fingerprint density at radius 2 is 2.00 bits per heavy atom. The smallest absolute Gasteiger partial charge is 0.139 e. The monoisotopic (exact) mass is 303 g/mol. The SMILES string of the molecule is Cc1cc(Br)c(F)cc1NCCOC(C)(C)C. The van der Waals surface area contributed by atoms with Gasteiger partial charge in [0, 0.05) is 12.2 Å². The Labute approximate surface area is 111 Å². The van der Waals surface area contributed by atoms with E-state index < -0.39 is 0 Å². The minimum atomic E-state index is -0.255. The molecular formula is C13H19BrFNO. The molecule has 2 nitrogen and oxygen atoms in total. The van der Waals surface area contributed by atoms with Crippen molar-refractivity contribution in [3.8, 4) is 0 Å². The first kappa shape index (κ1) is 14.5. The lowest BCUT2D eigenvalue weighted by atomic mass is 10.2. The third kappa shape index (κ3) is 5.04. The number of hydrogen-bond donors (Lipinski definition) is 1. The summed E-state index contributed by atoms with van der Waals surface area (Å²) in [5, 5.41) is 3.17. The standard InChI is InChI=1S/C13H19BrFNO/c1-9-7-10(14)11(15)8-12(9)16-5-6-17-13(2,3)4/h7-8,16H,5-6H2,1-4H3. The molecule has 0 saturated carbocycles. The van der Waals surface area contributed by atoms with E-state index in [1.807, 2.05) is 27.7 Å². The van der Waals surface area contributed by atoms with Gasteiger partial charge in [-0.3, -0.25) is 0 Å².